The zero-order valence-corrected chi connectivity index (χ0v) is 17.9. The molecule has 0 aliphatic rings. The standard InChI is InChI=1S/C21H22F2N4O3S/c1-14-6-5-7-15(12-14)19-25-26-21(27(19)10-11-29-2)31-13-18(28)24-16-8-3-4-9-17(16)30-20(22)23/h3-9,12,20H,10-11,13H2,1-2H3,(H,24,28). The second-order valence-corrected chi connectivity index (χ2v) is 7.47. The van der Waals surface area contributed by atoms with E-state index in [9.17, 15) is 13.6 Å². The van der Waals surface area contributed by atoms with Crippen molar-refractivity contribution in [3.63, 3.8) is 0 Å². The lowest BCUT2D eigenvalue weighted by molar-refractivity contribution is -0.113. The summed E-state index contributed by atoms with van der Waals surface area (Å²) >= 11 is 1.20. The molecule has 0 atom stereocenters. The second-order valence-electron chi connectivity index (χ2n) is 6.53. The highest BCUT2D eigenvalue weighted by Gasteiger charge is 2.17. The molecule has 1 N–H and O–H groups in total. The van der Waals surface area contributed by atoms with Crippen LogP contribution in [0.1, 0.15) is 5.56 Å². The number of ether oxygens (including phenoxy) is 2. The normalized spacial score (nSPS) is 11.0. The van der Waals surface area contributed by atoms with Crippen molar-refractivity contribution < 1.29 is 23.0 Å². The van der Waals surface area contributed by atoms with E-state index in [1.54, 1.807) is 19.2 Å². The number of nitrogens with zero attached hydrogens (tertiary/aromatic N) is 3. The van der Waals surface area contributed by atoms with Gasteiger partial charge in [0.05, 0.1) is 24.6 Å². The van der Waals surface area contributed by atoms with Crippen LogP contribution in [0.2, 0.25) is 0 Å². The lowest BCUT2D eigenvalue weighted by atomic mass is 10.1. The van der Waals surface area contributed by atoms with Crippen LogP contribution >= 0.6 is 11.8 Å². The molecule has 0 aliphatic heterocycles. The van der Waals surface area contributed by atoms with E-state index in [1.165, 1.54) is 23.9 Å². The van der Waals surface area contributed by atoms with Gasteiger partial charge in [-0.15, -0.1) is 10.2 Å². The maximum atomic E-state index is 12.6. The summed E-state index contributed by atoms with van der Waals surface area (Å²) in [5.74, 6) is 0.219. The summed E-state index contributed by atoms with van der Waals surface area (Å²) in [5.41, 5.74) is 2.18. The first-order chi connectivity index (χ1) is 15.0. The van der Waals surface area contributed by atoms with Crippen LogP contribution in [0.3, 0.4) is 0 Å². The molecule has 0 saturated carbocycles. The largest absolute Gasteiger partial charge is 0.433 e. The third kappa shape index (κ3) is 6.25. The highest BCUT2D eigenvalue weighted by Crippen LogP contribution is 2.27. The van der Waals surface area contributed by atoms with E-state index in [0.717, 1.165) is 11.1 Å². The predicted octanol–water partition coefficient (Wildman–Crippen LogP) is 4.23. The summed E-state index contributed by atoms with van der Waals surface area (Å²) in [7, 11) is 1.61. The Bertz CT molecular complexity index is 1030. The van der Waals surface area contributed by atoms with Crippen molar-refractivity contribution in [1.82, 2.24) is 14.8 Å². The molecule has 1 aromatic heterocycles. The lowest BCUT2D eigenvalue weighted by Crippen LogP contribution is -2.16. The van der Waals surface area contributed by atoms with Crippen LogP contribution in [0.4, 0.5) is 14.5 Å². The highest BCUT2D eigenvalue weighted by atomic mass is 32.2. The zero-order valence-electron chi connectivity index (χ0n) is 17.0. The number of carbonyl (C=O) groups is 1. The number of halogens is 2. The van der Waals surface area contributed by atoms with E-state index in [0.29, 0.717) is 24.1 Å². The average Bonchev–Trinajstić information content (AvgIpc) is 3.14. The number of hydrogen-bond acceptors (Lipinski definition) is 6. The first-order valence-electron chi connectivity index (χ1n) is 9.43. The monoisotopic (exact) mass is 448 g/mol. The number of anilines is 1. The van der Waals surface area contributed by atoms with Gasteiger partial charge in [0.2, 0.25) is 5.91 Å². The van der Waals surface area contributed by atoms with Crippen molar-refractivity contribution in [2.75, 3.05) is 24.8 Å². The first kappa shape index (κ1) is 22.7. The van der Waals surface area contributed by atoms with Gasteiger partial charge in [0.25, 0.3) is 0 Å². The quantitative estimate of drug-likeness (QED) is 0.468. The molecule has 0 spiro atoms. The van der Waals surface area contributed by atoms with E-state index >= 15 is 0 Å². The van der Waals surface area contributed by atoms with Crippen LogP contribution in [0, 0.1) is 6.92 Å². The molecule has 0 fully saturated rings. The first-order valence-corrected chi connectivity index (χ1v) is 10.4. The van der Waals surface area contributed by atoms with E-state index in [4.69, 9.17) is 4.74 Å². The summed E-state index contributed by atoms with van der Waals surface area (Å²) < 4.78 is 36.6. The molecule has 0 aliphatic carbocycles. The molecule has 10 heteroatoms. The smallest absolute Gasteiger partial charge is 0.387 e. The Morgan fingerprint density at radius 1 is 1.19 bits per heavy atom. The molecule has 2 aromatic carbocycles. The molecule has 31 heavy (non-hydrogen) atoms. The van der Waals surface area contributed by atoms with Crippen molar-refractivity contribution in [2.45, 2.75) is 25.2 Å². The average molecular weight is 448 g/mol. The van der Waals surface area contributed by atoms with Gasteiger partial charge < -0.3 is 14.8 Å². The fourth-order valence-electron chi connectivity index (χ4n) is 2.86. The number of para-hydroxylation sites is 2. The van der Waals surface area contributed by atoms with E-state index in [1.807, 2.05) is 35.8 Å². The number of alkyl halides is 2. The van der Waals surface area contributed by atoms with Gasteiger partial charge in [-0.3, -0.25) is 9.36 Å². The van der Waals surface area contributed by atoms with Gasteiger partial charge in [-0.2, -0.15) is 8.78 Å². The third-order valence-electron chi connectivity index (χ3n) is 4.22. The fourth-order valence-corrected chi connectivity index (χ4v) is 3.63. The van der Waals surface area contributed by atoms with E-state index in [2.05, 4.69) is 20.3 Å². The molecule has 3 aromatic rings. The Labute approximate surface area is 182 Å². The molecule has 164 valence electrons. The second kappa shape index (κ2) is 10.9. The number of amides is 1. The van der Waals surface area contributed by atoms with Crippen LogP contribution in [-0.4, -0.2) is 46.8 Å². The number of benzene rings is 2. The van der Waals surface area contributed by atoms with Gasteiger partial charge in [-0.25, -0.2) is 0 Å². The molecule has 0 unspecified atom stereocenters. The molecule has 0 saturated heterocycles. The molecule has 0 bridgehead atoms. The van der Waals surface area contributed by atoms with Crippen molar-refractivity contribution in [3.05, 3.63) is 54.1 Å². The SMILES string of the molecule is COCCn1c(SCC(=O)Nc2ccccc2OC(F)F)nnc1-c1cccc(C)c1. The van der Waals surface area contributed by atoms with Crippen LogP contribution in [-0.2, 0) is 16.1 Å². The van der Waals surface area contributed by atoms with Crippen molar-refractivity contribution in [2.24, 2.45) is 0 Å². The summed E-state index contributed by atoms with van der Waals surface area (Å²) in [5, 5.41) is 11.7. The number of aryl methyl sites for hydroxylation is 1. The molecule has 3 rings (SSSR count). The third-order valence-corrected chi connectivity index (χ3v) is 5.19. The van der Waals surface area contributed by atoms with Crippen molar-refractivity contribution in [3.8, 4) is 17.1 Å². The van der Waals surface area contributed by atoms with Crippen LogP contribution in [0.5, 0.6) is 5.75 Å². The van der Waals surface area contributed by atoms with Gasteiger partial charge in [0.15, 0.2) is 11.0 Å². The zero-order chi connectivity index (χ0) is 22.2. The van der Waals surface area contributed by atoms with Crippen LogP contribution in [0.15, 0.2) is 53.7 Å². The number of carbonyl (C=O) groups excluding carboxylic acids is 1. The minimum Gasteiger partial charge on any atom is -0.433 e. The predicted molar refractivity (Wildman–Crippen MR) is 114 cm³/mol. The van der Waals surface area contributed by atoms with Crippen molar-refractivity contribution in [1.29, 1.82) is 0 Å². The Morgan fingerprint density at radius 2 is 2.00 bits per heavy atom. The summed E-state index contributed by atoms with van der Waals surface area (Å²) in [6.07, 6.45) is 0. The molecule has 1 amide bonds. The molecule has 0 radical (unpaired) electrons. The van der Waals surface area contributed by atoms with Crippen LogP contribution < -0.4 is 10.1 Å². The molecular formula is C21H22F2N4O3S. The number of nitrogens with one attached hydrogen (secondary N) is 1. The van der Waals surface area contributed by atoms with Gasteiger partial charge in [0, 0.05) is 12.7 Å². The Balaban J connectivity index is 1.72. The molecule has 7 nitrogen and oxygen atoms in total. The maximum absolute atomic E-state index is 12.6. The Hall–Kier alpha value is -2.98. The van der Waals surface area contributed by atoms with E-state index in [-0.39, 0.29) is 23.1 Å². The maximum Gasteiger partial charge on any atom is 0.387 e. The summed E-state index contributed by atoms with van der Waals surface area (Å²) in [6.45, 7) is -0.0158. The molecule has 1 heterocycles. The van der Waals surface area contributed by atoms with Crippen molar-refractivity contribution >= 4 is 23.4 Å². The summed E-state index contributed by atoms with van der Waals surface area (Å²) in [6, 6.07) is 13.9. The topological polar surface area (TPSA) is 78.3 Å². The van der Waals surface area contributed by atoms with Crippen LogP contribution in [0.25, 0.3) is 11.4 Å². The van der Waals surface area contributed by atoms with E-state index < -0.39 is 6.61 Å². The number of rotatable bonds is 10. The Kier molecular flexibility index (Phi) is 7.96. The number of methoxy groups -OCH3 is 1. The van der Waals surface area contributed by atoms with Gasteiger partial charge >= 0.3 is 6.61 Å². The minimum absolute atomic E-state index is 0.0158. The Morgan fingerprint density at radius 3 is 2.74 bits per heavy atom. The number of thioether (sulfide) groups is 1. The number of aromatic nitrogens is 3. The minimum atomic E-state index is -2.98. The fraction of sp³-hybridized carbons (Fsp3) is 0.286. The number of hydrogen-bond donors (Lipinski definition) is 1. The van der Waals surface area contributed by atoms with Gasteiger partial charge in [-0.05, 0) is 25.1 Å². The molecular weight excluding hydrogens is 426 g/mol. The van der Waals surface area contributed by atoms with Gasteiger partial charge in [0.1, 0.15) is 5.75 Å². The highest BCUT2D eigenvalue weighted by molar-refractivity contribution is 7.99. The lowest BCUT2D eigenvalue weighted by Gasteiger charge is -2.12. The summed E-state index contributed by atoms with van der Waals surface area (Å²) in [4.78, 5) is 12.4. The van der Waals surface area contributed by atoms with Gasteiger partial charge in [-0.1, -0.05) is 47.7 Å².